The molecule has 4 atom stereocenters. The van der Waals surface area contributed by atoms with Crippen LogP contribution in [0.2, 0.25) is 0 Å². The highest BCUT2D eigenvalue weighted by Crippen LogP contribution is 2.16. The lowest BCUT2D eigenvalue weighted by Crippen LogP contribution is -2.41. The highest BCUT2D eigenvalue weighted by molar-refractivity contribution is 5.87. The van der Waals surface area contributed by atoms with Crippen molar-refractivity contribution >= 4 is 11.8 Å². The Bertz CT molecular complexity index is 806. The molecule has 0 fully saturated rings. The molecule has 8 heteroatoms. The summed E-state index contributed by atoms with van der Waals surface area (Å²) in [7, 11) is 0. The van der Waals surface area contributed by atoms with Crippen LogP contribution in [-0.4, -0.2) is 35.1 Å². The molecule has 0 aliphatic heterocycles. The van der Waals surface area contributed by atoms with E-state index in [-0.39, 0.29) is 13.1 Å². The Morgan fingerprint density at radius 2 is 1.17 bits per heavy atom. The lowest BCUT2D eigenvalue weighted by Gasteiger charge is -2.21. The molecule has 0 saturated heterocycles. The maximum atomic E-state index is 13.2. The van der Waals surface area contributed by atoms with Gasteiger partial charge in [0.1, 0.15) is 11.6 Å². The monoisotopic (exact) mass is 420 g/mol. The van der Waals surface area contributed by atoms with E-state index in [0.29, 0.717) is 11.1 Å². The molecule has 6 nitrogen and oxygen atoms in total. The number of hydrogen-bond acceptors (Lipinski definition) is 4. The van der Waals surface area contributed by atoms with Gasteiger partial charge < -0.3 is 20.8 Å². The fourth-order valence-corrected chi connectivity index (χ4v) is 2.83. The Morgan fingerprint density at radius 1 is 0.800 bits per heavy atom. The third-order valence-electron chi connectivity index (χ3n) is 4.98. The van der Waals surface area contributed by atoms with Gasteiger partial charge in [-0.15, -0.1) is 0 Å². The highest BCUT2D eigenvalue weighted by Gasteiger charge is 2.27. The molecule has 4 unspecified atom stereocenters. The summed E-state index contributed by atoms with van der Waals surface area (Å²) in [6, 6.07) is 10.9. The lowest BCUT2D eigenvalue weighted by molar-refractivity contribution is -0.134. The Labute approximate surface area is 173 Å². The molecule has 2 aromatic carbocycles. The number of carbonyl (C=O) groups is 2. The maximum absolute atomic E-state index is 13.2. The molecule has 2 rings (SSSR count). The SMILES string of the molecule is CC(C(=O)NCC(O)c1cccc(F)c1)C(C)C(=O)NCC(O)c1cccc(F)c1. The van der Waals surface area contributed by atoms with Gasteiger partial charge in [-0.2, -0.15) is 0 Å². The molecule has 30 heavy (non-hydrogen) atoms. The number of rotatable bonds is 9. The Hall–Kier alpha value is -2.84. The van der Waals surface area contributed by atoms with Crippen molar-refractivity contribution in [1.29, 1.82) is 0 Å². The first-order chi connectivity index (χ1) is 14.2. The average molecular weight is 420 g/mol. The van der Waals surface area contributed by atoms with Gasteiger partial charge in [0, 0.05) is 24.9 Å². The van der Waals surface area contributed by atoms with Gasteiger partial charge >= 0.3 is 0 Å². The number of benzene rings is 2. The van der Waals surface area contributed by atoms with Gasteiger partial charge in [0.2, 0.25) is 11.8 Å². The van der Waals surface area contributed by atoms with E-state index in [1.54, 1.807) is 26.0 Å². The Balaban J connectivity index is 1.82. The summed E-state index contributed by atoms with van der Waals surface area (Å²) < 4.78 is 26.5. The van der Waals surface area contributed by atoms with Crippen molar-refractivity contribution < 1.29 is 28.6 Å². The first-order valence-corrected chi connectivity index (χ1v) is 9.61. The largest absolute Gasteiger partial charge is 0.387 e. The molecule has 0 saturated carbocycles. The predicted octanol–water partition coefficient (Wildman–Crippen LogP) is 2.24. The third-order valence-corrected chi connectivity index (χ3v) is 4.98. The summed E-state index contributed by atoms with van der Waals surface area (Å²) in [5.41, 5.74) is 0.667. The van der Waals surface area contributed by atoms with E-state index >= 15 is 0 Å². The summed E-state index contributed by atoms with van der Waals surface area (Å²) in [4.78, 5) is 24.6. The minimum atomic E-state index is -1.08. The van der Waals surface area contributed by atoms with Gasteiger partial charge in [0.25, 0.3) is 0 Å². The van der Waals surface area contributed by atoms with Crippen molar-refractivity contribution in [2.75, 3.05) is 13.1 Å². The first kappa shape index (κ1) is 23.4. The molecule has 0 spiro atoms. The minimum Gasteiger partial charge on any atom is -0.387 e. The van der Waals surface area contributed by atoms with E-state index in [1.165, 1.54) is 36.4 Å². The van der Waals surface area contributed by atoms with Crippen molar-refractivity contribution in [2.24, 2.45) is 11.8 Å². The molecule has 2 amide bonds. The molecule has 0 aromatic heterocycles. The van der Waals surface area contributed by atoms with Crippen LogP contribution in [0.1, 0.15) is 37.2 Å². The van der Waals surface area contributed by atoms with E-state index in [0.717, 1.165) is 0 Å². The van der Waals surface area contributed by atoms with Crippen molar-refractivity contribution in [3.63, 3.8) is 0 Å². The fraction of sp³-hybridized carbons (Fsp3) is 0.364. The van der Waals surface area contributed by atoms with E-state index < -0.39 is 47.5 Å². The summed E-state index contributed by atoms with van der Waals surface area (Å²) in [6.45, 7) is 2.88. The summed E-state index contributed by atoms with van der Waals surface area (Å²) >= 11 is 0. The second kappa shape index (κ2) is 10.8. The van der Waals surface area contributed by atoms with Crippen molar-refractivity contribution in [3.8, 4) is 0 Å². The molecule has 0 aliphatic carbocycles. The number of aliphatic hydroxyl groups excluding tert-OH is 2. The maximum Gasteiger partial charge on any atom is 0.223 e. The highest BCUT2D eigenvalue weighted by atomic mass is 19.1. The van der Waals surface area contributed by atoms with E-state index in [2.05, 4.69) is 10.6 Å². The number of amides is 2. The van der Waals surface area contributed by atoms with Crippen molar-refractivity contribution in [1.82, 2.24) is 10.6 Å². The van der Waals surface area contributed by atoms with Gasteiger partial charge in [-0.25, -0.2) is 8.78 Å². The van der Waals surface area contributed by atoms with Crippen LogP contribution in [-0.2, 0) is 9.59 Å². The third kappa shape index (κ3) is 6.60. The topological polar surface area (TPSA) is 98.7 Å². The summed E-state index contributed by atoms with van der Waals surface area (Å²) in [5, 5.41) is 25.3. The minimum absolute atomic E-state index is 0.126. The summed E-state index contributed by atoms with van der Waals surface area (Å²) in [6.07, 6.45) is -2.16. The predicted molar refractivity (Wildman–Crippen MR) is 107 cm³/mol. The van der Waals surface area contributed by atoms with Gasteiger partial charge in [0.15, 0.2) is 0 Å². The number of hydrogen-bond donors (Lipinski definition) is 4. The molecule has 0 radical (unpaired) electrons. The van der Waals surface area contributed by atoms with E-state index in [4.69, 9.17) is 0 Å². The molecule has 0 heterocycles. The number of halogens is 2. The number of aliphatic hydroxyl groups is 2. The lowest BCUT2D eigenvalue weighted by atomic mass is 9.94. The van der Waals surface area contributed by atoms with Crippen LogP contribution in [0.5, 0.6) is 0 Å². The van der Waals surface area contributed by atoms with Crippen molar-refractivity contribution in [3.05, 3.63) is 71.3 Å². The Morgan fingerprint density at radius 3 is 1.50 bits per heavy atom. The second-order valence-corrected chi connectivity index (χ2v) is 7.21. The van der Waals surface area contributed by atoms with Crippen LogP contribution >= 0.6 is 0 Å². The van der Waals surface area contributed by atoms with Crippen molar-refractivity contribution in [2.45, 2.75) is 26.1 Å². The molecular weight excluding hydrogens is 394 g/mol. The average Bonchev–Trinajstić information content (AvgIpc) is 2.74. The van der Waals surface area contributed by atoms with Gasteiger partial charge in [0.05, 0.1) is 12.2 Å². The normalized spacial score (nSPS) is 15.0. The van der Waals surface area contributed by atoms with Gasteiger partial charge in [-0.3, -0.25) is 9.59 Å². The standard InChI is InChI=1S/C22H26F2N2O4/c1-13(21(29)25-11-19(27)15-5-3-7-17(23)9-15)14(2)22(30)26-12-20(28)16-6-4-8-18(24)10-16/h3-10,13-14,19-20,27-28H,11-12H2,1-2H3,(H,25,29)(H,26,30). The molecule has 2 aromatic rings. The molecule has 162 valence electrons. The van der Waals surface area contributed by atoms with Gasteiger partial charge in [-0.1, -0.05) is 38.1 Å². The zero-order valence-corrected chi connectivity index (χ0v) is 16.8. The fourth-order valence-electron chi connectivity index (χ4n) is 2.83. The van der Waals surface area contributed by atoms with E-state index in [9.17, 15) is 28.6 Å². The summed E-state index contributed by atoms with van der Waals surface area (Å²) in [5.74, 6) is -3.29. The van der Waals surface area contributed by atoms with Crippen LogP contribution in [0, 0.1) is 23.5 Å². The van der Waals surface area contributed by atoms with Crippen LogP contribution in [0.15, 0.2) is 48.5 Å². The quantitative estimate of drug-likeness (QED) is 0.500. The van der Waals surface area contributed by atoms with Crippen LogP contribution < -0.4 is 10.6 Å². The van der Waals surface area contributed by atoms with Gasteiger partial charge in [-0.05, 0) is 35.4 Å². The molecule has 0 aliphatic rings. The first-order valence-electron chi connectivity index (χ1n) is 9.61. The van der Waals surface area contributed by atoms with Crippen LogP contribution in [0.4, 0.5) is 8.78 Å². The molecule has 4 N–H and O–H groups in total. The second-order valence-electron chi connectivity index (χ2n) is 7.21. The Kier molecular flexibility index (Phi) is 8.44. The zero-order chi connectivity index (χ0) is 22.3. The smallest absolute Gasteiger partial charge is 0.223 e. The number of nitrogens with one attached hydrogen (secondary N) is 2. The van der Waals surface area contributed by atoms with Crippen LogP contribution in [0.3, 0.4) is 0 Å². The molecular formula is C22H26F2N2O4. The number of carbonyl (C=O) groups excluding carboxylic acids is 2. The van der Waals surface area contributed by atoms with E-state index in [1.807, 2.05) is 0 Å². The van der Waals surface area contributed by atoms with Crippen LogP contribution in [0.25, 0.3) is 0 Å². The zero-order valence-electron chi connectivity index (χ0n) is 16.8. The molecule has 0 bridgehead atoms.